The number of carbonyl (C=O) groups excluding carboxylic acids is 2. The number of likely N-dealkylation sites (tertiary alicyclic amines) is 1. The first-order chi connectivity index (χ1) is 8.66. The Morgan fingerprint density at radius 2 is 1.89 bits per heavy atom. The van der Waals surface area contributed by atoms with Crippen molar-refractivity contribution in [3.05, 3.63) is 0 Å². The number of likely N-dealkylation sites (N-methyl/N-ethyl adjacent to an activating group) is 2. The van der Waals surface area contributed by atoms with E-state index in [9.17, 15) is 18.0 Å². The molecule has 0 bridgehead atoms. The maximum Gasteiger partial charge on any atom is 0.253 e. The molecule has 1 heterocycles. The predicted molar refractivity (Wildman–Crippen MR) is 70.6 cm³/mol. The summed E-state index contributed by atoms with van der Waals surface area (Å²) in [4.78, 5) is 25.6. The summed E-state index contributed by atoms with van der Waals surface area (Å²) in [6.45, 7) is 3.17. The largest absolute Gasteiger partial charge is 0.340 e. The molecule has 1 aliphatic rings. The van der Waals surface area contributed by atoms with E-state index in [-0.39, 0.29) is 5.91 Å². The van der Waals surface area contributed by atoms with Crippen LogP contribution in [0.1, 0.15) is 26.7 Å². The molecule has 2 amide bonds. The summed E-state index contributed by atoms with van der Waals surface area (Å²) >= 11 is 0. The molecule has 2 atom stereocenters. The second-order valence-corrected chi connectivity index (χ2v) is 6.69. The lowest BCUT2D eigenvalue weighted by atomic mass is 10.0. The highest BCUT2D eigenvalue weighted by Crippen LogP contribution is 2.24. The van der Waals surface area contributed by atoms with E-state index < -0.39 is 27.3 Å². The number of hydrogen-bond donors (Lipinski definition) is 1. The van der Waals surface area contributed by atoms with Crippen molar-refractivity contribution in [3.63, 3.8) is 0 Å². The zero-order valence-electron chi connectivity index (χ0n) is 11.7. The topological polar surface area (TPSA) is 86.8 Å². The average molecular weight is 291 g/mol. The SMILES string of the molecule is CC(=O)NS(=O)(=O)C1C(N(C)C(C)=O)CCCN1C. The van der Waals surface area contributed by atoms with Crippen LogP contribution in [0.4, 0.5) is 0 Å². The molecule has 0 aromatic heterocycles. The molecule has 0 aromatic rings. The number of carbonyl (C=O) groups is 2. The number of sulfonamides is 1. The van der Waals surface area contributed by atoms with Gasteiger partial charge in [-0.3, -0.25) is 19.2 Å². The van der Waals surface area contributed by atoms with Crippen LogP contribution in [0.15, 0.2) is 0 Å². The Hall–Kier alpha value is -1.15. The van der Waals surface area contributed by atoms with E-state index in [1.165, 1.54) is 11.8 Å². The lowest BCUT2D eigenvalue weighted by Gasteiger charge is -2.42. The van der Waals surface area contributed by atoms with E-state index in [1.54, 1.807) is 19.0 Å². The van der Waals surface area contributed by atoms with Crippen LogP contribution in [-0.4, -0.2) is 62.1 Å². The molecular formula is C11H21N3O4S. The van der Waals surface area contributed by atoms with Gasteiger partial charge in [0.25, 0.3) is 10.0 Å². The number of rotatable bonds is 3. The Balaban J connectivity index is 3.08. The maximum absolute atomic E-state index is 12.2. The van der Waals surface area contributed by atoms with E-state index in [1.807, 2.05) is 4.72 Å². The van der Waals surface area contributed by atoms with Crippen LogP contribution >= 0.6 is 0 Å². The van der Waals surface area contributed by atoms with E-state index in [0.717, 1.165) is 13.3 Å². The van der Waals surface area contributed by atoms with Crippen LogP contribution in [0.5, 0.6) is 0 Å². The van der Waals surface area contributed by atoms with Crippen molar-refractivity contribution in [1.29, 1.82) is 0 Å². The van der Waals surface area contributed by atoms with Gasteiger partial charge in [-0.1, -0.05) is 0 Å². The molecule has 0 radical (unpaired) electrons. The van der Waals surface area contributed by atoms with Crippen LogP contribution in [-0.2, 0) is 19.6 Å². The van der Waals surface area contributed by atoms with Crippen LogP contribution in [0.3, 0.4) is 0 Å². The minimum absolute atomic E-state index is 0.191. The smallest absolute Gasteiger partial charge is 0.253 e. The van der Waals surface area contributed by atoms with E-state index in [4.69, 9.17) is 0 Å². The zero-order valence-corrected chi connectivity index (χ0v) is 12.5. The predicted octanol–water partition coefficient (Wildman–Crippen LogP) is -0.649. The van der Waals surface area contributed by atoms with Crippen molar-refractivity contribution >= 4 is 21.8 Å². The molecule has 1 aliphatic heterocycles. The van der Waals surface area contributed by atoms with Crippen LogP contribution in [0, 0.1) is 0 Å². The molecule has 7 nitrogen and oxygen atoms in total. The molecule has 1 saturated heterocycles. The quantitative estimate of drug-likeness (QED) is 0.747. The first-order valence-electron chi connectivity index (χ1n) is 6.12. The first kappa shape index (κ1) is 15.9. The summed E-state index contributed by atoms with van der Waals surface area (Å²) in [6.07, 6.45) is 1.41. The van der Waals surface area contributed by atoms with Crippen molar-refractivity contribution in [3.8, 4) is 0 Å². The highest BCUT2D eigenvalue weighted by Gasteiger charge is 2.42. The molecule has 1 N–H and O–H groups in total. The molecular weight excluding hydrogens is 270 g/mol. The Kier molecular flexibility index (Phi) is 4.92. The van der Waals surface area contributed by atoms with Crippen molar-refractivity contribution in [2.24, 2.45) is 0 Å². The normalized spacial score (nSPS) is 24.8. The van der Waals surface area contributed by atoms with Gasteiger partial charge in [0.2, 0.25) is 11.8 Å². The van der Waals surface area contributed by atoms with Gasteiger partial charge in [0.15, 0.2) is 5.37 Å². The average Bonchev–Trinajstić information content (AvgIpc) is 2.25. The molecule has 0 aliphatic carbocycles. The molecule has 0 aromatic carbocycles. The number of amides is 2. The monoisotopic (exact) mass is 291 g/mol. The van der Waals surface area contributed by atoms with Gasteiger partial charge in [-0.2, -0.15) is 0 Å². The molecule has 19 heavy (non-hydrogen) atoms. The van der Waals surface area contributed by atoms with Crippen molar-refractivity contribution in [1.82, 2.24) is 14.5 Å². The van der Waals surface area contributed by atoms with Gasteiger partial charge in [-0.25, -0.2) is 8.42 Å². The third-order valence-electron chi connectivity index (χ3n) is 3.37. The molecule has 0 spiro atoms. The van der Waals surface area contributed by atoms with E-state index in [0.29, 0.717) is 13.0 Å². The highest BCUT2D eigenvalue weighted by atomic mass is 32.2. The zero-order chi connectivity index (χ0) is 14.8. The second kappa shape index (κ2) is 5.87. The molecule has 110 valence electrons. The van der Waals surface area contributed by atoms with E-state index in [2.05, 4.69) is 0 Å². The summed E-state index contributed by atoms with van der Waals surface area (Å²) in [5, 5.41) is -0.904. The number of piperidine rings is 1. The number of nitrogens with zero attached hydrogens (tertiary/aromatic N) is 2. The third kappa shape index (κ3) is 3.66. The highest BCUT2D eigenvalue weighted by molar-refractivity contribution is 7.90. The summed E-state index contributed by atoms with van der Waals surface area (Å²) in [5.74, 6) is -0.813. The number of hydrogen-bond acceptors (Lipinski definition) is 5. The first-order valence-corrected chi connectivity index (χ1v) is 7.67. The van der Waals surface area contributed by atoms with Gasteiger partial charge in [0.05, 0.1) is 6.04 Å². The lowest BCUT2D eigenvalue weighted by molar-refractivity contribution is -0.130. The van der Waals surface area contributed by atoms with Crippen LogP contribution in [0.25, 0.3) is 0 Å². The minimum atomic E-state index is -3.83. The fraction of sp³-hybridized carbons (Fsp3) is 0.818. The third-order valence-corrected chi connectivity index (χ3v) is 5.25. The van der Waals surface area contributed by atoms with Gasteiger partial charge < -0.3 is 4.90 Å². The van der Waals surface area contributed by atoms with Gasteiger partial charge in [0, 0.05) is 20.9 Å². The van der Waals surface area contributed by atoms with Crippen molar-refractivity contribution in [2.45, 2.75) is 38.1 Å². The van der Waals surface area contributed by atoms with Crippen molar-refractivity contribution < 1.29 is 18.0 Å². The van der Waals surface area contributed by atoms with Gasteiger partial charge in [-0.15, -0.1) is 0 Å². The molecule has 1 fully saturated rings. The summed E-state index contributed by atoms with van der Waals surface area (Å²) < 4.78 is 26.5. The Labute approximate surface area is 114 Å². The second-order valence-electron chi connectivity index (χ2n) is 4.91. The fourth-order valence-corrected chi connectivity index (χ4v) is 4.27. The van der Waals surface area contributed by atoms with E-state index >= 15 is 0 Å². The lowest BCUT2D eigenvalue weighted by Crippen LogP contribution is -2.60. The fourth-order valence-electron chi connectivity index (χ4n) is 2.44. The Bertz CT molecular complexity index is 463. The maximum atomic E-state index is 12.2. The molecule has 0 saturated carbocycles. The Morgan fingerprint density at radius 3 is 2.37 bits per heavy atom. The summed E-state index contributed by atoms with van der Waals surface area (Å²) in [6, 6.07) is -0.451. The van der Waals surface area contributed by atoms with Gasteiger partial charge >= 0.3 is 0 Å². The minimum Gasteiger partial charge on any atom is -0.340 e. The molecule has 8 heteroatoms. The van der Waals surface area contributed by atoms with Crippen LogP contribution in [0.2, 0.25) is 0 Å². The Morgan fingerprint density at radius 1 is 1.32 bits per heavy atom. The van der Waals surface area contributed by atoms with Gasteiger partial charge in [-0.05, 0) is 26.4 Å². The van der Waals surface area contributed by atoms with Crippen molar-refractivity contribution in [2.75, 3.05) is 20.6 Å². The standard InChI is InChI=1S/C11H21N3O4S/c1-8(15)12-19(17,18)11-10(14(4)9(2)16)6-5-7-13(11)3/h10-11H,5-7H2,1-4H3,(H,12,15). The van der Waals surface area contributed by atoms with Gasteiger partial charge in [0.1, 0.15) is 0 Å². The summed E-state index contributed by atoms with van der Waals surface area (Å²) in [7, 11) is -0.557. The summed E-state index contributed by atoms with van der Waals surface area (Å²) in [5.41, 5.74) is 0. The molecule has 1 rings (SSSR count). The molecule has 2 unspecified atom stereocenters. The number of nitrogens with one attached hydrogen (secondary N) is 1. The van der Waals surface area contributed by atoms with Crippen LogP contribution < -0.4 is 4.72 Å².